The Morgan fingerprint density at radius 1 is 1.36 bits per heavy atom. The first-order valence-corrected chi connectivity index (χ1v) is 7.42. The Morgan fingerprint density at radius 3 is 2.73 bits per heavy atom. The van der Waals surface area contributed by atoms with E-state index in [1.54, 1.807) is 7.11 Å². The molecule has 2 N–H and O–H groups in total. The predicted octanol–water partition coefficient (Wildman–Crippen LogP) is 0.357. The second-order valence-electron chi connectivity index (χ2n) is 5.59. The number of rotatable bonds is 6. The van der Waals surface area contributed by atoms with Crippen LogP contribution in [0.5, 0.6) is 0 Å². The van der Waals surface area contributed by atoms with Crippen molar-refractivity contribution in [2.45, 2.75) is 31.7 Å². The number of benzene rings is 1. The number of methoxy groups -OCH3 is 1. The average Bonchev–Trinajstić information content (AvgIpc) is 2.49. The molecule has 0 spiro atoms. The molecule has 122 valence electrons. The standard InChI is InChI=1S/C16H24N2O4/c1-12(19)17-14-9-18(8-13-6-4-3-5-7-13)10-15(16(14)20)22-11-21-2/h3-7,14-16,20H,8-11H2,1-2H3,(H,17,19)/t14-,15+,16+/m0/s1. The Bertz CT molecular complexity index is 468. The molecule has 1 fully saturated rings. The van der Waals surface area contributed by atoms with E-state index >= 15 is 0 Å². The number of nitrogens with zero attached hydrogens (tertiary/aromatic N) is 1. The summed E-state index contributed by atoms with van der Waals surface area (Å²) in [6, 6.07) is 9.74. The van der Waals surface area contributed by atoms with Crippen molar-refractivity contribution >= 4 is 5.91 Å². The summed E-state index contributed by atoms with van der Waals surface area (Å²) in [5, 5.41) is 13.2. The molecule has 1 aromatic rings. The van der Waals surface area contributed by atoms with Crippen LogP contribution in [-0.2, 0) is 20.8 Å². The average molecular weight is 308 g/mol. The molecule has 1 aliphatic heterocycles. The van der Waals surface area contributed by atoms with E-state index in [1.165, 1.54) is 12.5 Å². The third-order valence-corrected chi connectivity index (χ3v) is 3.72. The Hall–Kier alpha value is -1.47. The van der Waals surface area contributed by atoms with Crippen LogP contribution in [0.4, 0.5) is 0 Å². The molecule has 1 saturated heterocycles. The number of carbonyl (C=O) groups excluding carboxylic acids is 1. The van der Waals surface area contributed by atoms with Crippen LogP contribution in [0.15, 0.2) is 30.3 Å². The maximum Gasteiger partial charge on any atom is 0.217 e. The van der Waals surface area contributed by atoms with Crippen LogP contribution >= 0.6 is 0 Å². The monoisotopic (exact) mass is 308 g/mol. The van der Waals surface area contributed by atoms with Crippen LogP contribution in [0.2, 0.25) is 0 Å². The number of amides is 1. The highest BCUT2D eigenvalue weighted by atomic mass is 16.7. The van der Waals surface area contributed by atoms with Crippen LogP contribution in [0.3, 0.4) is 0 Å². The van der Waals surface area contributed by atoms with E-state index in [2.05, 4.69) is 22.3 Å². The summed E-state index contributed by atoms with van der Waals surface area (Å²) in [5.74, 6) is -0.156. The van der Waals surface area contributed by atoms with Crippen molar-refractivity contribution in [3.05, 3.63) is 35.9 Å². The van der Waals surface area contributed by atoms with Gasteiger partial charge in [-0.15, -0.1) is 0 Å². The first-order chi connectivity index (χ1) is 10.6. The fourth-order valence-electron chi connectivity index (χ4n) is 2.75. The van der Waals surface area contributed by atoms with Gasteiger partial charge >= 0.3 is 0 Å². The molecular weight excluding hydrogens is 284 g/mol. The smallest absolute Gasteiger partial charge is 0.217 e. The normalized spacial score (nSPS) is 25.9. The van der Waals surface area contributed by atoms with Crippen LogP contribution in [0.1, 0.15) is 12.5 Å². The maximum atomic E-state index is 11.3. The zero-order valence-electron chi connectivity index (χ0n) is 13.1. The maximum absolute atomic E-state index is 11.3. The lowest BCUT2D eigenvalue weighted by Crippen LogP contribution is -2.61. The number of aliphatic hydroxyl groups excluding tert-OH is 1. The Morgan fingerprint density at radius 2 is 2.09 bits per heavy atom. The molecule has 0 unspecified atom stereocenters. The summed E-state index contributed by atoms with van der Waals surface area (Å²) in [7, 11) is 1.54. The van der Waals surface area contributed by atoms with Crippen molar-refractivity contribution in [3.8, 4) is 0 Å². The summed E-state index contributed by atoms with van der Waals surface area (Å²) in [5.41, 5.74) is 1.19. The van der Waals surface area contributed by atoms with Crippen molar-refractivity contribution in [2.75, 3.05) is 27.0 Å². The lowest BCUT2D eigenvalue weighted by Gasteiger charge is -2.41. The molecule has 1 aromatic carbocycles. The van der Waals surface area contributed by atoms with E-state index in [4.69, 9.17) is 9.47 Å². The number of nitrogens with one attached hydrogen (secondary N) is 1. The second kappa shape index (κ2) is 8.24. The van der Waals surface area contributed by atoms with E-state index in [-0.39, 0.29) is 18.7 Å². The van der Waals surface area contributed by atoms with Crippen molar-refractivity contribution in [3.63, 3.8) is 0 Å². The van der Waals surface area contributed by atoms with E-state index in [1.807, 2.05) is 18.2 Å². The lowest BCUT2D eigenvalue weighted by atomic mass is 9.98. The Labute approximate surface area is 131 Å². The Balaban J connectivity index is 2.04. The van der Waals surface area contributed by atoms with Crippen LogP contribution in [0.25, 0.3) is 0 Å². The molecule has 1 amide bonds. The number of likely N-dealkylation sites (tertiary alicyclic amines) is 1. The van der Waals surface area contributed by atoms with E-state index in [0.29, 0.717) is 13.1 Å². The van der Waals surface area contributed by atoms with Gasteiger partial charge in [-0.1, -0.05) is 30.3 Å². The molecule has 0 aliphatic carbocycles. The van der Waals surface area contributed by atoms with Gasteiger partial charge in [0.05, 0.1) is 6.04 Å². The topological polar surface area (TPSA) is 71.0 Å². The van der Waals surface area contributed by atoms with Gasteiger partial charge in [0.2, 0.25) is 5.91 Å². The van der Waals surface area contributed by atoms with Gasteiger partial charge in [0.15, 0.2) is 0 Å². The molecule has 2 rings (SSSR count). The summed E-state index contributed by atoms with van der Waals surface area (Å²) in [6.45, 7) is 3.50. The van der Waals surface area contributed by atoms with Crippen molar-refractivity contribution in [2.24, 2.45) is 0 Å². The highest BCUT2D eigenvalue weighted by Crippen LogP contribution is 2.17. The third kappa shape index (κ3) is 4.78. The van der Waals surface area contributed by atoms with Gasteiger partial charge in [0.25, 0.3) is 0 Å². The van der Waals surface area contributed by atoms with Crippen molar-refractivity contribution < 1.29 is 19.4 Å². The van der Waals surface area contributed by atoms with Crippen LogP contribution in [-0.4, -0.2) is 61.2 Å². The van der Waals surface area contributed by atoms with Gasteiger partial charge in [-0.3, -0.25) is 9.69 Å². The summed E-state index contributed by atoms with van der Waals surface area (Å²) in [6.07, 6.45) is -1.14. The minimum absolute atomic E-state index is 0.119. The highest BCUT2D eigenvalue weighted by Gasteiger charge is 2.36. The molecule has 0 saturated carbocycles. The molecule has 22 heavy (non-hydrogen) atoms. The molecule has 3 atom stereocenters. The number of aliphatic hydroxyl groups is 1. The molecule has 1 aliphatic rings. The zero-order valence-corrected chi connectivity index (χ0v) is 13.1. The molecule has 6 nitrogen and oxygen atoms in total. The van der Waals surface area contributed by atoms with Crippen LogP contribution in [0, 0.1) is 0 Å². The molecule has 0 bridgehead atoms. The quantitative estimate of drug-likeness (QED) is 0.743. The van der Waals surface area contributed by atoms with E-state index in [9.17, 15) is 9.90 Å². The molecule has 6 heteroatoms. The summed E-state index contributed by atoms with van der Waals surface area (Å²) < 4.78 is 10.5. The Kier molecular flexibility index (Phi) is 6.33. The lowest BCUT2D eigenvalue weighted by molar-refractivity contribution is -0.148. The number of carbonyl (C=O) groups is 1. The molecular formula is C16H24N2O4. The number of piperidine rings is 1. The predicted molar refractivity (Wildman–Crippen MR) is 82.1 cm³/mol. The second-order valence-corrected chi connectivity index (χ2v) is 5.59. The van der Waals surface area contributed by atoms with E-state index in [0.717, 1.165) is 6.54 Å². The largest absolute Gasteiger partial charge is 0.388 e. The van der Waals surface area contributed by atoms with Gasteiger partial charge < -0.3 is 19.9 Å². The third-order valence-electron chi connectivity index (χ3n) is 3.72. The molecule has 0 aromatic heterocycles. The summed E-state index contributed by atoms with van der Waals surface area (Å²) >= 11 is 0. The molecule has 0 radical (unpaired) electrons. The van der Waals surface area contributed by atoms with Crippen molar-refractivity contribution in [1.29, 1.82) is 0 Å². The van der Waals surface area contributed by atoms with Gasteiger partial charge in [-0.2, -0.15) is 0 Å². The van der Waals surface area contributed by atoms with Gasteiger partial charge in [-0.25, -0.2) is 0 Å². The first-order valence-electron chi connectivity index (χ1n) is 7.42. The highest BCUT2D eigenvalue weighted by molar-refractivity contribution is 5.73. The minimum atomic E-state index is -0.744. The van der Waals surface area contributed by atoms with E-state index < -0.39 is 12.2 Å². The minimum Gasteiger partial charge on any atom is -0.388 e. The fourth-order valence-corrected chi connectivity index (χ4v) is 2.75. The van der Waals surface area contributed by atoms with Crippen molar-refractivity contribution in [1.82, 2.24) is 10.2 Å². The van der Waals surface area contributed by atoms with Gasteiger partial charge in [0.1, 0.15) is 19.0 Å². The SMILES string of the molecule is COCO[C@@H]1CN(Cc2ccccc2)C[C@H](NC(C)=O)[C@H]1O. The number of ether oxygens (including phenoxy) is 2. The molecule has 1 heterocycles. The van der Waals surface area contributed by atoms with Gasteiger partial charge in [0, 0.05) is 33.7 Å². The van der Waals surface area contributed by atoms with Gasteiger partial charge in [-0.05, 0) is 5.56 Å². The van der Waals surface area contributed by atoms with Crippen LogP contribution < -0.4 is 5.32 Å². The number of hydrogen-bond donors (Lipinski definition) is 2. The zero-order chi connectivity index (χ0) is 15.9. The first kappa shape index (κ1) is 16.9. The number of hydrogen-bond acceptors (Lipinski definition) is 5. The summed E-state index contributed by atoms with van der Waals surface area (Å²) in [4.78, 5) is 13.5. The fraction of sp³-hybridized carbons (Fsp3) is 0.562.